The molecule has 0 saturated carbocycles. The standard InChI is InChI=1S/C12H18N2O3/c1-17-14(12(15)16)8-7-11(13)9-10-5-3-2-4-6-10/h2-6,11H,7-9,13H2,1H3,(H,15,16). The van der Waals surface area contributed by atoms with Crippen molar-refractivity contribution in [3.05, 3.63) is 35.9 Å². The lowest BCUT2D eigenvalue weighted by Gasteiger charge is -2.18. The quantitative estimate of drug-likeness (QED) is 0.736. The molecule has 0 bridgehead atoms. The molecule has 0 radical (unpaired) electrons. The van der Waals surface area contributed by atoms with Crippen LogP contribution in [0.1, 0.15) is 12.0 Å². The van der Waals surface area contributed by atoms with Crippen LogP contribution in [0.2, 0.25) is 0 Å². The van der Waals surface area contributed by atoms with Crippen LogP contribution in [-0.4, -0.2) is 36.0 Å². The SMILES string of the molecule is CON(CCC(N)Cc1ccccc1)C(=O)O. The minimum Gasteiger partial charge on any atom is -0.463 e. The highest BCUT2D eigenvalue weighted by atomic mass is 16.7. The Morgan fingerprint density at radius 1 is 1.47 bits per heavy atom. The fraction of sp³-hybridized carbons (Fsp3) is 0.417. The van der Waals surface area contributed by atoms with Crippen molar-refractivity contribution in [2.24, 2.45) is 5.73 Å². The predicted molar refractivity (Wildman–Crippen MR) is 64.5 cm³/mol. The average molecular weight is 238 g/mol. The Kier molecular flexibility index (Phi) is 5.45. The van der Waals surface area contributed by atoms with E-state index in [0.717, 1.165) is 17.0 Å². The summed E-state index contributed by atoms with van der Waals surface area (Å²) in [5, 5.41) is 9.62. The van der Waals surface area contributed by atoms with E-state index in [1.54, 1.807) is 0 Å². The average Bonchev–Trinajstić information content (AvgIpc) is 2.30. The molecule has 17 heavy (non-hydrogen) atoms. The van der Waals surface area contributed by atoms with Crippen LogP contribution in [-0.2, 0) is 11.3 Å². The molecule has 5 heteroatoms. The summed E-state index contributed by atoms with van der Waals surface area (Å²) in [7, 11) is 1.33. The Hall–Kier alpha value is -1.59. The van der Waals surface area contributed by atoms with Crippen LogP contribution in [0.25, 0.3) is 0 Å². The second kappa shape index (κ2) is 6.88. The van der Waals surface area contributed by atoms with Gasteiger partial charge in [0.05, 0.1) is 13.7 Å². The summed E-state index contributed by atoms with van der Waals surface area (Å²) < 4.78 is 0. The van der Waals surface area contributed by atoms with Crippen LogP contribution >= 0.6 is 0 Å². The Morgan fingerprint density at radius 3 is 2.65 bits per heavy atom. The maximum absolute atomic E-state index is 10.7. The van der Waals surface area contributed by atoms with E-state index in [9.17, 15) is 4.79 Å². The van der Waals surface area contributed by atoms with Gasteiger partial charge in [-0.1, -0.05) is 30.3 Å². The summed E-state index contributed by atoms with van der Waals surface area (Å²) in [6, 6.07) is 9.80. The van der Waals surface area contributed by atoms with E-state index in [1.165, 1.54) is 7.11 Å². The van der Waals surface area contributed by atoms with Crippen LogP contribution in [0.4, 0.5) is 4.79 Å². The van der Waals surface area contributed by atoms with E-state index >= 15 is 0 Å². The number of carbonyl (C=O) groups is 1. The van der Waals surface area contributed by atoms with E-state index < -0.39 is 6.09 Å². The molecule has 5 nitrogen and oxygen atoms in total. The van der Waals surface area contributed by atoms with Gasteiger partial charge in [-0.3, -0.25) is 4.84 Å². The van der Waals surface area contributed by atoms with Crippen LogP contribution in [0, 0.1) is 0 Å². The van der Waals surface area contributed by atoms with Gasteiger partial charge < -0.3 is 10.8 Å². The minimum atomic E-state index is -1.10. The maximum Gasteiger partial charge on any atom is 0.431 e. The van der Waals surface area contributed by atoms with Gasteiger partial charge in [0.25, 0.3) is 0 Å². The van der Waals surface area contributed by atoms with Gasteiger partial charge in [-0.2, -0.15) is 5.06 Å². The first-order valence-corrected chi connectivity index (χ1v) is 5.47. The molecule has 0 aliphatic heterocycles. The molecule has 1 aromatic carbocycles. The van der Waals surface area contributed by atoms with Gasteiger partial charge in [-0.05, 0) is 18.4 Å². The maximum atomic E-state index is 10.7. The van der Waals surface area contributed by atoms with Gasteiger partial charge in [-0.15, -0.1) is 0 Å². The van der Waals surface area contributed by atoms with Gasteiger partial charge in [0.1, 0.15) is 0 Å². The van der Waals surface area contributed by atoms with Crippen LogP contribution in [0.3, 0.4) is 0 Å². The van der Waals surface area contributed by atoms with E-state index in [-0.39, 0.29) is 12.6 Å². The highest BCUT2D eigenvalue weighted by Crippen LogP contribution is 2.05. The number of nitrogens with zero attached hydrogens (tertiary/aromatic N) is 1. The summed E-state index contributed by atoms with van der Waals surface area (Å²) in [6.45, 7) is 0.278. The van der Waals surface area contributed by atoms with Crippen molar-refractivity contribution in [1.29, 1.82) is 0 Å². The van der Waals surface area contributed by atoms with Gasteiger partial charge >= 0.3 is 6.09 Å². The molecule has 1 aromatic rings. The first-order valence-electron chi connectivity index (χ1n) is 5.47. The number of hydrogen-bond donors (Lipinski definition) is 2. The fourth-order valence-electron chi connectivity index (χ4n) is 1.57. The van der Waals surface area contributed by atoms with Crippen molar-refractivity contribution in [2.75, 3.05) is 13.7 Å². The van der Waals surface area contributed by atoms with E-state index in [2.05, 4.69) is 0 Å². The van der Waals surface area contributed by atoms with Crippen molar-refractivity contribution in [3.63, 3.8) is 0 Å². The van der Waals surface area contributed by atoms with Gasteiger partial charge in [0.15, 0.2) is 0 Å². The zero-order chi connectivity index (χ0) is 12.7. The third-order valence-electron chi connectivity index (χ3n) is 2.48. The molecule has 0 fully saturated rings. The molecule has 0 aliphatic rings. The summed E-state index contributed by atoms with van der Waals surface area (Å²) in [5.74, 6) is 0. The van der Waals surface area contributed by atoms with Crippen LogP contribution in [0.15, 0.2) is 30.3 Å². The molecule has 1 amide bonds. The van der Waals surface area contributed by atoms with E-state index in [1.807, 2.05) is 30.3 Å². The van der Waals surface area contributed by atoms with Gasteiger partial charge in [0, 0.05) is 6.04 Å². The van der Waals surface area contributed by atoms with Crippen molar-refractivity contribution in [1.82, 2.24) is 5.06 Å². The first kappa shape index (κ1) is 13.5. The van der Waals surface area contributed by atoms with Crippen molar-refractivity contribution in [2.45, 2.75) is 18.9 Å². The number of hydroxylamine groups is 2. The van der Waals surface area contributed by atoms with E-state index in [0.29, 0.717) is 6.42 Å². The lowest BCUT2D eigenvalue weighted by molar-refractivity contribution is -0.103. The third kappa shape index (κ3) is 4.84. The second-order valence-corrected chi connectivity index (χ2v) is 3.81. The van der Waals surface area contributed by atoms with Gasteiger partial charge in [0.2, 0.25) is 0 Å². The molecule has 1 unspecified atom stereocenters. The summed E-state index contributed by atoms with van der Waals surface area (Å²) in [6.07, 6.45) is 0.201. The van der Waals surface area contributed by atoms with Crippen molar-refractivity contribution >= 4 is 6.09 Å². The molecule has 0 heterocycles. The molecule has 0 aliphatic carbocycles. The minimum absolute atomic E-state index is 0.0746. The number of benzene rings is 1. The number of hydrogen-bond acceptors (Lipinski definition) is 3. The molecular weight excluding hydrogens is 220 g/mol. The monoisotopic (exact) mass is 238 g/mol. The molecule has 1 rings (SSSR count). The van der Waals surface area contributed by atoms with Crippen molar-refractivity contribution < 1.29 is 14.7 Å². The fourth-order valence-corrected chi connectivity index (χ4v) is 1.57. The molecule has 94 valence electrons. The molecular formula is C12H18N2O3. The Bertz CT molecular complexity index is 343. The highest BCUT2D eigenvalue weighted by Gasteiger charge is 2.12. The lowest BCUT2D eigenvalue weighted by Crippen LogP contribution is -2.34. The highest BCUT2D eigenvalue weighted by molar-refractivity contribution is 5.63. The Labute approximate surface area is 101 Å². The number of carboxylic acid groups (broad SMARTS) is 1. The smallest absolute Gasteiger partial charge is 0.431 e. The topological polar surface area (TPSA) is 75.8 Å². The molecule has 3 N–H and O–H groups in total. The summed E-state index contributed by atoms with van der Waals surface area (Å²) in [4.78, 5) is 15.4. The largest absolute Gasteiger partial charge is 0.463 e. The Morgan fingerprint density at radius 2 is 2.12 bits per heavy atom. The molecule has 0 saturated heterocycles. The number of rotatable bonds is 6. The summed E-state index contributed by atoms with van der Waals surface area (Å²) >= 11 is 0. The summed E-state index contributed by atoms with van der Waals surface area (Å²) in [5.41, 5.74) is 7.09. The van der Waals surface area contributed by atoms with Crippen LogP contribution in [0.5, 0.6) is 0 Å². The van der Waals surface area contributed by atoms with Gasteiger partial charge in [-0.25, -0.2) is 4.79 Å². The predicted octanol–water partition coefficient (Wildman–Crippen LogP) is 1.49. The Balaban J connectivity index is 2.35. The zero-order valence-electron chi connectivity index (χ0n) is 9.87. The molecule has 1 atom stereocenters. The van der Waals surface area contributed by atoms with Crippen molar-refractivity contribution in [3.8, 4) is 0 Å². The molecule has 0 aromatic heterocycles. The zero-order valence-corrected chi connectivity index (χ0v) is 9.87. The number of nitrogens with two attached hydrogens (primary N) is 1. The second-order valence-electron chi connectivity index (χ2n) is 3.81. The van der Waals surface area contributed by atoms with Crippen LogP contribution < -0.4 is 5.73 Å². The first-order chi connectivity index (χ1) is 8.13. The normalized spacial score (nSPS) is 12.1. The van der Waals surface area contributed by atoms with E-state index in [4.69, 9.17) is 15.7 Å². The molecule has 0 spiro atoms. The number of amides is 1. The third-order valence-corrected chi connectivity index (χ3v) is 2.48. The lowest BCUT2D eigenvalue weighted by atomic mass is 10.0.